The Balaban J connectivity index is 1.78. The smallest absolute Gasteiger partial charge is 0.156 e. The summed E-state index contributed by atoms with van der Waals surface area (Å²) in [6.45, 7) is 0. The van der Waals surface area contributed by atoms with Crippen LogP contribution in [-0.4, -0.2) is 42.3 Å². The summed E-state index contributed by atoms with van der Waals surface area (Å²) in [5.74, 6) is 0.170. The molecule has 1 heterocycles. The highest BCUT2D eigenvalue weighted by atomic mass is 32.2. The maximum atomic E-state index is 11.4. The molecule has 0 amide bonds. The lowest BCUT2D eigenvalue weighted by atomic mass is 10.1. The Morgan fingerprint density at radius 1 is 1.21 bits per heavy atom. The molecule has 1 fully saturated rings. The van der Waals surface area contributed by atoms with Crippen molar-refractivity contribution in [2.45, 2.75) is 31.2 Å². The molecule has 2 N–H and O–H groups in total. The summed E-state index contributed by atoms with van der Waals surface area (Å²) in [5, 5.41) is 19.4. The molecule has 1 aromatic carbocycles. The molecule has 5 nitrogen and oxygen atoms in total. The third kappa shape index (κ3) is 2.48. The van der Waals surface area contributed by atoms with Gasteiger partial charge in [0, 0.05) is 0 Å². The van der Waals surface area contributed by atoms with Crippen molar-refractivity contribution in [1.82, 2.24) is 0 Å². The summed E-state index contributed by atoms with van der Waals surface area (Å²) in [6.07, 6.45) is -0.585. The van der Waals surface area contributed by atoms with Gasteiger partial charge in [-0.05, 0) is 36.1 Å². The Morgan fingerprint density at radius 3 is 2.68 bits per heavy atom. The van der Waals surface area contributed by atoms with E-state index in [2.05, 4.69) is 0 Å². The maximum absolute atomic E-state index is 11.4. The fourth-order valence-corrected chi connectivity index (χ4v) is 4.39. The van der Waals surface area contributed by atoms with Crippen LogP contribution >= 0.6 is 0 Å². The second kappa shape index (κ2) is 4.47. The van der Waals surface area contributed by atoms with Crippen molar-refractivity contribution >= 4 is 9.84 Å². The van der Waals surface area contributed by atoms with Crippen molar-refractivity contribution in [3.05, 3.63) is 29.3 Å². The van der Waals surface area contributed by atoms with E-state index in [1.165, 1.54) is 0 Å². The summed E-state index contributed by atoms with van der Waals surface area (Å²) < 4.78 is 28.4. The summed E-state index contributed by atoms with van der Waals surface area (Å²) in [4.78, 5) is 0. The van der Waals surface area contributed by atoms with Crippen molar-refractivity contribution in [1.29, 1.82) is 0 Å². The normalized spacial score (nSPS) is 32.2. The number of rotatable bonds is 2. The Kier molecular flexibility index (Phi) is 3.03. The monoisotopic (exact) mass is 284 g/mol. The fraction of sp³-hybridized carbons (Fsp3) is 0.538. The number of hydrogen-bond donors (Lipinski definition) is 2. The van der Waals surface area contributed by atoms with Crippen LogP contribution in [0.1, 0.15) is 23.7 Å². The van der Waals surface area contributed by atoms with E-state index < -0.39 is 28.1 Å². The van der Waals surface area contributed by atoms with Crippen molar-refractivity contribution < 1.29 is 23.4 Å². The lowest BCUT2D eigenvalue weighted by Gasteiger charge is -2.16. The first-order chi connectivity index (χ1) is 8.94. The van der Waals surface area contributed by atoms with Crippen molar-refractivity contribution in [2.24, 2.45) is 0 Å². The van der Waals surface area contributed by atoms with E-state index in [0.717, 1.165) is 17.5 Å². The van der Waals surface area contributed by atoms with Gasteiger partial charge in [-0.1, -0.05) is 6.07 Å². The van der Waals surface area contributed by atoms with E-state index in [0.29, 0.717) is 12.2 Å². The van der Waals surface area contributed by atoms with Gasteiger partial charge in [-0.25, -0.2) is 8.42 Å². The van der Waals surface area contributed by atoms with Crippen LogP contribution in [0.4, 0.5) is 0 Å². The van der Waals surface area contributed by atoms with Gasteiger partial charge in [0.25, 0.3) is 0 Å². The molecule has 1 aromatic rings. The number of ether oxygens (including phenoxy) is 1. The molecule has 0 bridgehead atoms. The summed E-state index contributed by atoms with van der Waals surface area (Å²) in [5.41, 5.74) is 1.94. The molecule has 0 radical (unpaired) electrons. The van der Waals surface area contributed by atoms with E-state index in [4.69, 9.17) is 4.74 Å². The first-order valence-corrected chi connectivity index (χ1v) is 8.13. The van der Waals surface area contributed by atoms with Gasteiger partial charge in [-0.15, -0.1) is 0 Å². The van der Waals surface area contributed by atoms with Crippen LogP contribution in [0.15, 0.2) is 18.2 Å². The highest BCUT2D eigenvalue weighted by Crippen LogP contribution is 2.34. The van der Waals surface area contributed by atoms with E-state index in [9.17, 15) is 18.6 Å². The van der Waals surface area contributed by atoms with Crippen molar-refractivity contribution in [3.8, 4) is 5.75 Å². The quantitative estimate of drug-likeness (QED) is 0.810. The van der Waals surface area contributed by atoms with Crippen LogP contribution < -0.4 is 4.74 Å². The second-order valence-corrected chi connectivity index (χ2v) is 7.37. The molecule has 19 heavy (non-hydrogen) atoms. The minimum Gasteiger partial charge on any atom is -0.487 e. The molecule has 3 atom stereocenters. The minimum atomic E-state index is -3.20. The predicted molar refractivity (Wildman–Crippen MR) is 68.8 cm³/mol. The summed E-state index contributed by atoms with van der Waals surface area (Å²) in [7, 11) is -3.20. The van der Waals surface area contributed by atoms with E-state index in [1.54, 1.807) is 12.1 Å². The molecule has 104 valence electrons. The zero-order valence-corrected chi connectivity index (χ0v) is 11.1. The average Bonchev–Trinajstić information content (AvgIpc) is 2.80. The van der Waals surface area contributed by atoms with Crippen LogP contribution in [0.2, 0.25) is 0 Å². The first kappa shape index (κ1) is 12.9. The number of benzene rings is 1. The highest BCUT2D eigenvalue weighted by molar-refractivity contribution is 7.91. The van der Waals surface area contributed by atoms with Crippen molar-refractivity contribution in [2.75, 3.05) is 11.5 Å². The van der Waals surface area contributed by atoms with Gasteiger partial charge in [0.1, 0.15) is 18.0 Å². The molecular weight excluding hydrogens is 268 g/mol. The zero-order chi connectivity index (χ0) is 13.6. The molecule has 6 heteroatoms. The Hall–Kier alpha value is -1.11. The number of hydrogen-bond acceptors (Lipinski definition) is 5. The minimum absolute atomic E-state index is 0.145. The van der Waals surface area contributed by atoms with Gasteiger partial charge in [-0.3, -0.25) is 0 Å². The first-order valence-electron chi connectivity index (χ1n) is 6.31. The molecule has 0 aromatic heterocycles. The molecule has 0 spiro atoms. The SMILES string of the molecule is O=S1(=O)CC(O)C(Oc2ccc3c(c2)CC[C@@H]3O)C1. The van der Waals surface area contributed by atoms with E-state index in [1.807, 2.05) is 6.07 Å². The number of aryl methyl sites for hydroxylation is 1. The molecule has 2 aliphatic rings. The maximum Gasteiger partial charge on any atom is 0.156 e. The van der Waals surface area contributed by atoms with Gasteiger partial charge in [0.2, 0.25) is 0 Å². The fourth-order valence-electron chi connectivity index (χ4n) is 2.73. The summed E-state index contributed by atoms with van der Waals surface area (Å²) in [6, 6.07) is 5.34. The van der Waals surface area contributed by atoms with Gasteiger partial charge in [-0.2, -0.15) is 0 Å². The Bertz CT molecular complexity index is 595. The van der Waals surface area contributed by atoms with Gasteiger partial charge in [0.15, 0.2) is 9.84 Å². The van der Waals surface area contributed by atoms with Crippen molar-refractivity contribution in [3.63, 3.8) is 0 Å². The predicted octanol–water partition coefficient (Wildman–Crippen LogP) is 0.203. The average molecular weight is 284 g/mol. The van der Waals surface area contributed by atoms with E-state index >= 15 is 0 Å². The van der Waals surface area contributed by atoms with Crippen LogP contribution in [0, 0.1) is 0 Å². The lowest BCUT2D eigenvalue weighted by molar-refractivity contribution is 0.0737. The number of sulfone groups is 1. The summed E-state index contributed by atoms with van der Waals surface area (Å²) >= 11 is 0. The van der Waals surface area contributed by atoms with Gasteiger partial charge < -0.3 is 14.9 Å². The third-order valence-electron chi connectivity index (χ3n) is 3.72. The molecule has 0 saturated carbocycles. The lowest BCUT2D eigenvalue weighted by Crippen LogP contribution is -2.29. The molecular formula is C13H16O5S. The molecule has 3 rings (SSSR count). The number of fused-ring (bicyclic) bond motifs is 1. The molecule has 1 aliphatic heterocycles. The van der Waals surface area contributed by atoms with Crippen LogP contribution in [0.3, 0.4) is 0 Å². The number of aliphatic hydroxyl groups is 2. The number of aliphatic hydroxyl groups excluding tert-OH is 2. The molecule has 1 aliphatic carbocycles. The highest BCUT2D eigenvalue weighted by Gasteiger charge is 2.38. The zero-order valence-electron chi connectivity index (χ0n) is 10.3. The Morgan fingerprint density at radius 2 is 2.00 bits per heavy atom. The standard InChI is InChI=1S/C13H16O5S/c14-11-4-1-8-5-9(2-3-10(8)11)18-13-7-19(16,17)6-12(13)15/h2-3,5,11-15H,1,4,6-7H2/t11-,12?,13?/m0/s1. The van der Waals surface area contributed by atoms with Crippen LogP contribution in [0.5, 0.6) is 5.75 Å². The second-order valence-electron chi connectivity index (χ2n) is 5.22. The molecule has 2 unspecified atom stereocenters. The topological polar surface area (TPSA) is 83.8 Å². The van der Waals surface area contributed by atoms with Crippen LogP contribution in [0.25, 0.3) is 0 Å². The largest absolute Gasteiger partial charge is 0.487 e. The van der Waals surface area contributed by atoms with E-state index in [-0.39, 0.29) is 11.5 Å². The molecule has 1 saturated heterocycles. The Labute approximate surface area is 111 Å². The van der Waals surface area contributed by atoms with Gasteiger partial charge in [0.05, 0.1) is 17.6 Å². The van der Waals surface area contributed by atoms with Crippen LogP contribution in [-0.2, 0) is 16.3 Å². The third-order valence-corrected chi connectivity index (χ3v) is 5.41. The van der Waals surface area contributed by atoms with Gasteiger partial charge >= 0.3 is 0 Å².